The summed E-state index contributed by atoms with van der Waals surface area (Å²) in [5.74, 6) is 0.0264. The van der Waals surface area contributed by atoms with Crippen LogP contribution in [-0.4, -0.2) is 32.9 Å². The second-order valence-corrected chi connectivity index (χ2v) is 9.34. The number of aliphatic imine (C=N–C) groups is 1. The fourth-order valence-electron chi connectivity index (χ4n) is 2.65. The molecule has 1 aliphatic rings. The first-order valence-electron chi connectivity index (χ1n) is 8.54. The van der Waals surface area contributed by atoms with Crippen LogP contribution in [-0.2, 0) is 16.0 Å². The van der Waals surface area contributed by atoms with Gasteiger partial charge in [0.25, 0.3) is 0 Å². The molecular formula is C18H13N2O7PS2-2. The Morgan fingerprint density at radius 3 is 2.60 bits per heavy atom. The van der Waals surface area contributed by atoms with Gasteiger partial charge in [0.2, 0.25) is 0 Å². The smallest absolute Gasteiger partial charge is 0.329 e. The SMILES string of the molecule is O=C(O)[C@H]1CSC(c2nc3ccc(OCc4ccc(OP(=O)([O-])[O-])cc4)cc3s2)=N1. The Balaban J connectivity index is 1.43. The lowest BCUT2D eigenvalue weighted by molar-refractivity contribution is -0.333. The second-order valence-electron chi connectivity index (χ2n) is 6.22. The normalized spacial score (nSPS) is 16.5. The van der Waals surface area contributed by atoms with Gasteiger partial charge in [0, 0.05) is 5.75 Å². The third-order valence-corrected chi connectivity index (χ3v) is 6.67. The molecule has 0 aliphatic carbocycles. The number of carboxylic acids is 1. The lowest BCUT2D eigenvalue weighted by atomic mass is 10.2. The average Bonchev–Trinajstić information content (AvgIpc) is 3.33. The summed E-state index contributed by atoms with van der Waals surface area (Å²) in [4.78, 5) is 41.0. The van der Waals surface area contributed by atoms with Gasteiger partial charge in [-0.2, -0.15) is 0 Å². The molecule has 4 rings (SSSR count). The van der Waals surface area contributed by atoms with E-state index < -0.39 is 19.8 Å². The number of thioether (sulfide) groups is 1. The van der Waals surface area contributed by atoms with Crippen molar-refractivity contribution in [2.24, 2.45) is 4.99 Å². The number of carboxylic acid groups (broad SMARTS) is 1. The number of phosphoric acid groups is 1. The van der Waals surface area contributed by atoms with Crippen molar-refractivity contribution in [3.63, 3.8) is 0 Å². The summed E-state index contributed by atoms with van der Waals surface area (Å²) in [6.45, 7) is 0.229. The fourth-order valence-corrected chi connectivity index (χ4v) is 5.12. The van der Waals surface area contributed by atoms with E-state index in [9.17, 15) is 19.1 Å². The van der Waals surface area contributed by atoms with E-state index in [-0.39, 0.29) is 12.4 Å². The zero-order valence-corrected chi connectivity index (χ0v) is 17.6. The van der Waals surface area contributed by atoms with Gasteiger partial charge in [0.05, 0.1) is 10.2 Å². The van der Waals surface area contributed by atoms with Gasteiger partial charge < -0.3 is 28.7 Å². The van der Waals surface area contributed by atoms with Crippen LogP contribution in [0.25, 0.3) is 10.2 Å². The van der Waals surface area contributed by atoms with E-state index in [0.29, 0.717) is 21.6 Å². The van der Waals surface area contributed by atoms with Gasteiger partial charge >= 0.3 is 5.97 Å². The lowest BCUT2D eigenvalue weighted by Gasteiger charge is -2.28. The van der Waals surface area contributed by atoms with Gasteiger partial charge in [-0.15, -0.1) is 23.1 Å². The number of thiazole rings is 1. The maximum atomic E-state index is 11.1. The molecule has 0 radical (unpaired) electrons. The number of phosphoric ester groups is 1. The van der Waals surface area contributed by atoms with Crippen molar-refractivity contribution in [3.8, 4) is 11.5 Å². The molecule has 0 amide bonds. The number of rotatable bonds is 7. The summed E-state index contributed by atoms with van der Waals surface area (Å²) < 4.78 is 21.6. The molecule has 3 aromatic rings. The lowest BCUT2D eigenvalue weighted by Crippen LogP contribution is -2.18. The zero-order valence-electron chi connectivity index (χ0n) is 15.1. The van der Waals surface area contributed by atoms with Gasteiger partial charge in [0.1, 0.15) is 36.0 Å². The molecule has 0 saturated carbocycles. The van der Waals surface area contributed by atoms with Crippen LogP contribution in [0.4, 0.5) is 0 Å². The van der Waals surface area contributed by atoms with Gasteiger partial charge in [-0.25, -0.2) is 9.78 Å². The largest absolute Gasteiger partial charge is 0.780 e. The van der Waals surface area contributed by atoms with E-state index in [0.717, 1.165) is 15.8 Å². The van der Waals surface area contributed by atoms with Gasteiger partial charge in [0.15, 0.2) is 6.04 Å². The van der Waals surface area contributed by atoms with Gasteiger partial charge in [-0.1, -0.05) is 12.1 Å². The van der Waals surface area contributed by atoms with Crippen molar-refractivity contribution in [2.45, 2.75) is 12.6 Å². The molecule has 12 heteroatoms. The Morgan fingerprint density at radius 2 is 1.93 bits per heavy atom. The Labute approximate surface area is 178 Å². The van der Waals surface area contributed by atoms with Crippen LogP contribution in [0, 0.1) is 0 Å². The number of aromatic nitrogens is 1. The number of nitrogens with zero attached hydrogens (tertiary/aromatic N) is 2. The maximum Gasteiger partial charge on any atom is 0.329 e. The monoisotopic (exact) mass is 464 g/mol. The van der Waals surface area contributed by atoms with Crippen LogP contribution in [0.1, 0.15) is 10.6 Å². The number of hydrogen-bond donors (Lipinski definition) is 1. The second kappa shape index (κ2) is 8.37. The number of carbonyl (C=O) groups is 1. The van der Waals surface area contributed by atoms with Crippen LogP contribution >= 0.6 is 30.9 Å². The van der Waals surface area contributed by atoms with Crippen molar-refractivity contribution in [1.82, 2.24) is 4.98 Å². The molecule has 9 nitrogen and oxygen atoms in total. The van der Waals surface area contributed by atoms with Crippen molar-refractivity contribution < 1.29 is 33.5 Å². The zero-order chi connectivity index (χ0) is 21.3. The highest BCUT2D eigenvalue weighted by Crippen LogP contribution is 2.32. The maximum absolute atomic E-state index is 11.1. The van der Waals surface area contributed by atoms with Gasteiger partial charge in [-0.05, 0) is 35.9 Å². The third-order valence-electron chi connectivity index (χ3n) is 4.02. The standard InChI is InChI=1S/C18H15N2O7PS2/c21-18(22)14-9-29-16(20-14)17-19-13-6-5-12(7-15(13)30-17)26-8-10-1-3-11(4-2-10)27-28(23,24)25/h1-7,14H,8-9H2,(H,21,22)(H2,23,24,25)/p-2/t14-/m1/s1. The molecule has 0 spiro atoms. The molecule has 0 fully saturated rings. The number of ether oxygens (including phenoxy) is 1. The summed E-state index contributed by atoms with van der Waals surface area (Å²) in [6, 6.07) is 10.7. The van der Waals surface area contributed by atoms with E-state index in [2.05, 4.69) is 14.5 Å². The first kappa shape index (κ1) is 20.8. The molecule has 0 saturated heterocycles. The fraction of sp³-hybridized carbons (Fsp3) is 0.167. The van der Waals surface area contributed by atoms with E-state index in [1.165, 1.54) is 35.2 Å². The van der Waals surface area contributed by atoms with E-state index in [1.807, 2.05) is 12.1 Å². The summed E-state index contributed by atoms with van der Waals surface area (Å²) >= 11 is 2.80. The first-order valence-corrected chi connectivity index (χ1v) is 11.8. The molecular weight excluding hydrogens is 451 g/mol. The average molecular weight is 464 g/mol. The minimum absolute atomic E-state index is 0.0523. The summed E-state index contributed by atoms with van der Waals surface area (Å²) in [5, 5.41) is 10.4. The predicted octanol–water partition coefficient (Wildman–Crippen LogP) is 2.03. The van der Waals surface area contributed by atoms with Gasteiger partial charge in [-0.3, -0.25) is 4.99 Å². The number of aliphatic carboxylic acids is 1. The minimum atomic E-state index is -5.08. The molecule has 1 N–H and O–H groups in total. The molecule has 1 atom stereocenters. The van der Waals surface area contributed by atoms with Crippen LogP contribution < -0.4 is 19.0 Å². The van der Waals surface area contributed by atoms with Crippen LogP contribution in [0.3, 0.4) is 0 Å². The Morgan fingerprint density at radius 1 is 1.20 bits per heavy atom. The minimum Gasteiger partial charge on any atom is -0.780 e. The summed E-state index contributed by atoms with van der Waals surface area (Å²) in [5.41, 5.74) is 1.53. The predicted molar refractivity (Wildman–Crippen MR) is 109 cm³/mol. The highest BCUT2D eigenvalue weighted by molar-refractivity contribution is 8.15. The number of fused-ring (bicyclic) bond motifs is 1. The van der Waals surface area contributed by atoms with Crippen molar-refractivity contribution >= 4 is 52.2 Å². The van der Waals surface area contributed by atoms with E-state index in [1.54, 1.807) is 18.2 Å². The number of hydrogen-bond acceptors (Lipinski definition) is 10. The quantitative estimate of drug-likeness (QED) is 0.519. The number of benzene rings is 2. The highest BCUT2D eigenvalue weighted by Gasteiger charge is 2.26. The third kappa shape index (κ3) is 5.00. The molecule has 30 heavy (non-hydrogen) atoms. The van der Waals surface area contributed by atoms with Crippen LogP contribution in [0.15, 0.2) is 47.5 Å². The van der Waals surface area contributed by atoms with E-state index >= 15 is 0 Å². The molecule has 2 aromatic carbocycles. The van der Waals surface area contributed by atoms with Crippen molar-refractivity contribution in [2.75, 3.05) is 5.75 Å². The Bertz CT molecular complexity index is 1170. The highest BCUT2D eigenvalue weighted by atomic mass is 32.2. The molecule has 1 aromatic heterocycles. The van der Waals surface area contributed by atoms with Crippen LogP contribution in [0.2, 0.25) is 0 Å². The summed E-state index contributed by atoms with van der Waals surface area (Å²) in [7, 11) is -5.08. The molecule has 0 unspecified atom stereocenters. The molecule has 156 valence electrons. The molecule has 1 aliphatic heterocycles. The Hall–Kier alpha value is -2.43. The van der Waals surface area contributed by atoms with E-state index in [4.69, 9.17) is 9.84 Å². The van der Waals surface area contributed by atoms with Crippen molar-refractivity contribution in [3.05, 3.63) is 53.0 Å². The summed E-state index contributed by atoms with van der Waals surface area (Å²) in [6.07, 6.45) is 0. The Kier molecular flexibility index (Phi) is 5.81. The molecule has 0 bridgehead atoms. The van der Waals surface area contributed by atoms with Crippen molar-refractivity contribution in [1.29, 1.82) is 0 Å². The molecule has 2 heterocycles. The topological polar surface area (TPSA) is 144 Å². The first-order chi connectivity index (χ1) is 14.3. The van der Waals surface area contributed by atoms with Crippen LogP contribution in [0.5, 0.6) is 11.5 Å².